The molecule has 0 spiro atoms. The van der Waals surface area contributed by atoms with Crippen molar-refractivity contribution >= 4 is 11.7 Å². The van der Waals surface area contributed by atoms with Crippen molar-refractivity contribution in [3.63, 3.8) is 0 Å². The summed E-state index contributed by atoms with van der Waals surface area (Å²) in [5.74, 6) is -0.894. The zero-order valence-corrected chi connectivity index (χ0v) is 11.2. The fraction of sp³-hybridized carbons (Fsp3) is 0.500. The highest BCUT2D eigenvalue weighted by Crippen LogP contribution is 2.14. The Morgan fingerprint density at radius 1 is 1.39 bits per heavy atom. The fourth-order valence-electron chi connectivity index (χ4n) is 1.72. The summed E-state index contributed by atoms with van der Waals surface area (Å²) in [6.45, 7) is 4.92. The van der Waals surface area contributed by atoms with Crippen molar-refractivity contribution in [2.75, 3.05) is 25.1 Å². The molecule has 0 heterocycles. The molecule has 0 bridgehead atoms. The number of aryl methyl sites for hydroxylation is 1. The molecule has 0 amide bonds. The number of carboxylic acid groups (broad SMARTS) is 1. The van der Waals surface area contributed by atoms with Gasteiger partial charge in [-0.15, -0.1) is 0 Å². The lowest BCUT2D eigenvalue weighted by molar-refractivity contribution is -0.150. The first-order chi connectivity index (χ1) is 8.54. The lowest BCUT2D eigenvalue weighted by atomic mass is 10.2. The Balaban J connectivity index is 2.51. The predicted octanol–water partition coefficient (Wildman–Crippen LogP) is 2.31. The highest BCUT2D eigenvalue weighted by Gasteiger charge is 2.17. The fourth-order valence-corrected chi connectivity index (χ4v) is 1.72. The van der Waals surface area contributed by atoms with Gasteiger partial charge in [-0.25, -0.2) is 4.79 Å². The number of rotatable bonds is 7. The third-order valence-electron chi connectivity index (χ3n) is 2.84. The number of hydrogen-bond acceptors (Lipinski definition) is 3. The summed E-state index contributed by atoms with van der Waals surface area (Å²) >= 11 is 0. The van der Waals surface area contributed by atoms with Gasteiger partial charge in [0.05, 0.1) is 0 Å². The van der Waals surface area contributed by atoms with E-state index in [4.69, 9.17) is 9.84 Å². The van der Waals surface area contributed by atoms with E-state index in [-0.39, 0.29) is 0 Å². The number of anilines is 1. The number of carbonyl (C=O) groups is 1. The molecule has 1 aromatic carbocycles. The van der Waals surface area contributed by atoms with Gasteiger partial charge in [0.25, 0.3) is 0 Å². The van der Waals surface area contributed by atoms with E-state index in [9.17, 15) is 4.79 Å². The first-order valence-corrected chi connectivity index (χ1v) is 6.16. The minimum atomic E-state index is -0.894. The summed E-state index contributed by atoms with van der Waals surface area (Å²) in [5.41, 5.74) is 2.30. The van der Waals surface area contributed by atoms with E-state index in [1.165, 1.54) is 5.56 Å². The van der Waals surface area contributed by atoms with Gasteiger partial charge < -0.3 is 14.7 Å². The maximum absolute atomic E-state index is 10.9. The van der Waals surface area contributed by atoms with Gasteiger partial charge in [0.15, 0.2) is 6.10 Å². The number of ether oxygens (including phenoxy) is 1. The summed E-state index contributed by atoms with van der Waals surface area (Å²) < 4.78 is 5.18. The molecule has 1 atom stereocenters. The van der Waals surface area contributed by atoms with Crippen LogP contribution in [-0.2, 0) is 9.53 Å². The molecule has 0 saturated carbocycles. The summed E-state index contributed by atoms with van der Waals surface area (Å²) in [6.07, 6.45) is -0.240. The van der Waals surface area contributed by atoms with Gasteiger partial charge in [-0.2, -0.15) is 0 Å². The quantitative estimate of drug-likeness (QED) is 0.808. The first kappa shape index (κ1) is 14.5. The van der Waals surface area contributed by atoms with E-state index < -0.39 is 12.1 Å². The molecule has 1 rings (SSSR count). The Labute approximate surface area is 108 Å². The highest BCUT2D eigenvalue weighted by molar-refractivity contribution is 5.72. The monoisotopic (exact) mass is 251 g/mol. The molecule has 0 aromatic heterocycles. The second kappa shape index (κ2) is 7.01. The molecule has 0 aliphatic rings. The van der Waals surface area contributed by atoms with Crippen LogP contribution < -0.4 is 4.90 Å². The Kier molecular flexibility index (Phi) is 5.65. The van der Waals surface area contributed by atoms with Crippen LogP contribution in [0.1, 0.15) is 18.9 Å². The summed E-state index contributed by atoms with van der Waals surface area (Å²) in [5, 5.41) is 8.98. The molecular formula is C14H21NO3. The number of hydrogen-bond donors (Lipinski definition) is 1. The summed E-state index contributed by atoms with van der Waals surface area (Å²) in [6, 6.07) is 8.16. The average Bonchev–Trinajstić information content (AvgIpc) is 2.34. The van der Waals surface area contributed by atoms with Crippen molar-refractivity contribution < 1.29 is 14.6 Å². The normalized spacial score (nSPS) is 12.2. The van der Waals surface area contributed by atoms with E-state index in [0.29, 0.717) is 19.6 Å². The second-order valence-electron chi connectivity index (χ2n) is 4.33. The molecule has 1 N–H and O–H groups in total. The maximum Gasteiger partial charge on any atom is 0.332 e. The Morgan fingerprint density at radius 3 is 2.50 bits per heavy atom. The van der Waals surface area contributed by atoms with Gasteiger partial charge in [-0.1, -0.05) is 17.7 Å². The number of aliphatic carboxylic acids is 1. The molecular weight excluding hydrogens is 230 g/mol. The van der Waals surface area contributed by atoms with Crippen molar-refractivity contribution in [2.45, 2.75) is 26.4 Å². The van der Waals surface area contributed by atoms with Crippen molar-refractivity contribution in [2.24, 2.45) is 0 Å². The molecule has 4 nitrogen and oxygen atoms in total. The van der Waals surface area contributed by atoms with Gasteiger partial charge in [0.2, 0.25) is 0 Å². The zero-order valence-electron chi connectivity index (χ0n) is 11.2. The second-order valence-corrected chi connectivity index (χ2v) is 4.33. The molecule has 0 aliphatic heterocycles. The average molecular weight is 251 g/mol. The van der Waals surface area contributed by atoms with Crippen LogP contribution in [0.15, 0.2) is 24.3 Å². The SMILES string of the molecule is CCOC(CCN(C)c1ccc(C)cc1)C(=O)O. The Hall–Kier alpha value is -1.55. The molecule has 18 heavy (non-hydrogen) atoms. The van der Waals surface area contributed by atoms with E-state index in [0.717, 1.165) is 5.69 Å². The van der Waals surface area contributed by atoms with Crippen molar-refractivity contribution in [3.05, 3.63) is 29.8 Å². The summed E-state index contributed by atoms with van der Waals surface area (Å²) in [4.78, 5) is 13.0. The molecule has 1 aromatic rings. The molecule has 1 unspecified atom stereocenters. The Morgan fingerprint density at radius 2 is 2.00 bits per heavy atom. The van der Waals surface area contributed by atoms with Gasteiger partial charge in [-0.05, 0) is 26.0 Å². The molecule has 0 fully saturated rings. The molecule has 0 saturated heterocycles. The number of nitrogens with zero attached hydrogens (tertiary/aromatic N) is 1. The first-order valence-electron chi connectivity index (χ1n) is 6.16. The number of carboxylic acids is 1. The van der Waals surface area contributed by atoms with Gasteiger partial charge in [0.1, 0.15) is 0 Å². The third kappa shape index (κ3) is 4.37. The van der Waals surface area contributed by atoms with Crippen LogP contribution in [0.25, 0.3) is 0 Å². The predicted molar refractivity (Wildman–Crippen MR) is 72.1 cm³/mol. The smallest absolute Gasteiger partial charge is 0.332 e. The minimum absolute atomic E-state index is 0.422. The van der Waals surface area contributed by atoms with Crippen LogP contribution in [0.4, 0.5) is 5.69 Å². The zero-order chi connectivity index (χ0) is 13.5. The minimum Gasteiger partial charge on any atom is -0.479 e. The van der Waals surface area contributed by atoms with Gasteiger partial charge in [0, 0.05) is 32.3 Å². The topological polar surface area (TPSA) is 49.8 Å². The van der Waals surface area contributed by atoms with Crippen LogP contribution in [-0.4, -0.2) is 37.4 Å². The van der Waals surface area contributed by atoms with Crippen LogP contribution in [0.2, 0.25) is 0 Å². The molecule has 0 aliphatic carbocycles. The molecule has 100 valence electrons. The lowest BCUT2D eigenvalue weighted by Crippen LogP contribution is -2.30. The van der Waals surface area contributed by atoms with Crippen molar-refractivity contribution in [1.29, 1.82) is 0 Å². The standard InChI is InChI=1S/C14H21NO3/c1-4-18-13(14(16)17)9-10-15(3)12-7-5-11(2)6-8-12/h5-8,13H,4,9-10H2,1-3H3,(H,16,17). The summed E-state index contributed by atoms with van der Waals surface area (Å²) in [7, 11) is 1.95. The van der Waals surface area contributed by atoms with Crippen molar-refractivity contribution in [1.82, 2.24) is 0 Å². The van der Waals surface area contributed by atoms with E-state index in [2.05, 4.69) is 0 Å². The van der Waals surface area contributed by atoms with Gasteiger partial charge in [-0.3, -0.25) is 0 Å². The van der Waals surface area contributed by atoms with Crippen LogP contribution in [0.3, 0.4) is 0 Å². The lowest BCUT2D eigenvalue weighted by Gasteiger charge is -2.21. The van der Waals surface area contributed by atoms with Crippen molar-refractivity contribution in [3.8, 4) is 0 Å². The van der Waals surface area contributed by atoms with E-state index in [1.54, 1.807) is 6.92 Å². The van der Waals surface area contributed by atoms with E-state index in [1.807, 2.05) is 43.1 Å². The molecule has 0 radical (unpaired) electrons. The third-order valence-corrected chi connectivity index (χ3v) is 2.84. The van der Waals surface area contributed by atoms with Crippen LogP contribution in [0.5, 0.6) is 0 Å². The van der Waals surface area contributed by atoms with E-state index >= 15 is 0 Å². The molecule has 4 heteroatoms. The largest absolute Gasteiger partial charge is 0.479 e. The Bertz CT molecular complexity index is 375. The van der Waals surface area contributed by atoms with Crippen LogP contribution in [0, 0.1) is 6.92 Å². The van der Waals surface area contributed by atoms with Crippen LogP contribution >= 0.6 is 0 Å². The number of benzene rings is 1. The maximum atomic E-state index is 10.9. The van der Waals surface area contributed by atoms with Gasteiger partial charge >= 0.3 is 5.97 Å². The highest BCUT2D eigenvalue weighted by atomic mass is 16.5.